The molecule has 2 nitrogen and oxygen atoms in total. The number of hydrogen-bond acceptors (Lipinski definition) is 2. The Morgan fingerprint density at radius 3 is 2.89 bits per heavy atom. The zero-order valence-corrected chi connectivity index (χ0v) is 11.6. The topological polar surface area (TPSA) is 21.3 Å². The van der Waals surface area contributed by atoms with Gasteiger partial charge in [-0.1, -0.05) is 44.5 Å². The summed E-state index contributed by atoms with van der Waals surface area (Å²) in [5.41, 5.74) is 2.86. The maximum absolute atomic E-state index is 5.78. The van der Waals surface area contributed by atoms with Crippen LogP contribution >= 0.6 is 0 Å². The summed E-state index contributed by atoms with van der Waals surface area (Å²) >= 11 is 0. The average Bonchev–Trinajstić information content (AvgIpc) is 2.43. The van der Waals surface area contributed by atoms with Crippen molar-refractivity contribution in [3.8, 4) is 0 Å². The molecule has 0 bridgehead atoms. The van der Waals surface area contributed by atoms with Gasteiger partial charge in [-0.25, -0.2) is 0 Å². The monoisotopic (exact) mass is 247 g/mol. The Balaban J connectivity index is 2.15. The van der Waals surface area contributed by atoms with Gasteiger partial charge in [0.2, 0.25) is 0 Å². The fourth-order valence-corrected chi connectivity index (χ4v) is 2.83. The number of rotatable bonds is 6. The third kappa shape index (κ3) is 3.12. The lowest BCUT2D eigenvalue weighted by atomic mass is 9.85. The molecular weight excluding hydrogens is 222 g/mol. The normalized spacial score (nSPS) is 20.4. The molecule has 18 heavy (non-hydrogen) atoms. The maximum Gasteiger partial charge on any atom is 0.0719 e. The van der Waals surface area contributed by atoms with E-state index in [0.717, 1.165) is 19.8 Å². The smallest absolute Gasteiger partial charge is 0.0719 e. The van der Waals surface area contributed by atoms with Gasteiger partial charge in [0.05, 0.1) is 13.2 Å². The summed E-state index contributed by atoms with van der Waals surface area (Å²) in [4.78, 5) is 0. The van der Waals surface area contributed by atoms with Crippen LogP contribution in [0, 0.1) is 0 Å². The molecule has 0 fully saturated rings. The lowest BCUT2D eigenvalue weighted by molar-refractivity contribution is 0.0790. The van der Waals surface area contributed by atoms with Crippen LogP contribution in [-0.2, 0) is 11.3 Å². The highest BCUT2D eigenvalue weighted by Gasteiger charge is 2.27. The van der Waals surface area contributed by atoms with Gasteiger partial charge in [-0.2, -0.15) is 0 Å². The largest absolute Gasteiger partial charge is 0.376 e. The van der Waals surface area contributed by atoms with E-state index < -0.39 is 0 Å². The molecular formula is C16H25NO. The fraction of sp³-hybridized carbons (Fsp3) is 0.625. The van der Waals surface area contributed by atoms with Crippen LogP contribution < -0.4 is 5.32 Å². The van der Waals surface area contributed by atoms with E-state index in [2.05, 4.69) is 43.4 Å². The second-order valence-electron chi connectivity index (χ2n) is 5.17. The van der Waals surface area contributed by atoms with E-state index >= 15 is 0 Å². The van der Waals surface area contributed by atoms with Gasteiger partial charge in [-0.05, 0) is 30.5 Å². The van der Waals surface area contributed by atoms with Gasteiger partial charge in [0, 0.05) is 12.0 Å². The van der Waals surface area contributed by atoms with Crippen LogP contribution in [0.4, 0.5) is 0 Å². The second kappa shape index (κ2) is 6.91. The van der Waals surface area contributed by atoms with Crippen LogP contribution in [0.15, 0.2) is 24.3 Å². The van der Waals surface area contributed by atoms with Crippen molar-refractivity contribution in [2.24, 2.45) is 0 Å². The summed E-state index contributed by atoms with van der Waals surface area (Å²) in [5, 5.41) is 3.70. The zero-order valence-electron chi connectivity index (χ0n) is 11.6. The third-order valence-corrected chi connectivity index (χ3v) is 3.75. The summed E-state index contributed by atoms with van der Waals surface area (Å²) in [6.07, 6.45) is 3.64. The van der Waals surface area contributed by atoms with Crippen molar-refractivity contribution in [3.63, 3.8) is 0 Å². The summed E-state index contributed by atoms with van der Waals surface area (Å²) in [5.74, 6) is 0.515. The quantitative estimate of drug-likeness (QED) is 0.831. The molecule has 0 radical (unpaired) electrons. The highest BCUT2D eigenvalue weighted by molar-refractivity contribution is 5.32. The molecule has 2 heteroatoms. The molecule has 1 aromatic carbocycles. The molecule has 0 spiro atoms. The van der Waals surface area contributed by atoms with Gasteiger partial charge in [0.25, 0.3) is 0 Å². The first kappa shape index (κ1) is 13.6. The Morgan fingerprint density at radius 2 is 2.11 bits per heavy atom. The van der Waals surface area contributed by atoms with Gasteiger partial charge in [-0.15, -0.1) is 0 Å². The first-order valence-electron chi connectivity index (χ1n) is 7.25. The molecule has 0 saturated heterocycles. The first-order valence-corrected chi connectivity index (χ1v) is 7.25. The summed E-state index contributed by atoms with van der Waals surface area (Å²) in [7, 11) is 0. The molecule has 2 atom stereocenters. The molecule has 1 aromatic rings. The lowest BCUT2D eigenvalue weighted by Crippen LogP contribution is -2.39. The van der Waals surface area contributed by atoms with Crippen molar-refractivity contribution < 1.29 is 4.74 Å². The molecule has 1 aliphatic rings. The standard InChI is InChI=1S/C16H25NO/c1-3-7-16(17-10-4-2)15-12-18-11-13-8-5-6-9-14(13)15/h5-6,8-9,15-17H,3-4,7,10-12H2,1-2H3. The molecule has 2 unspecified atom stereocenters. The summed E-state index contributed by atoms with van der Waals surface area (Å²) in [6, 6.07) is 9.29. The van der Waals surface area contributed by atoms with Gasteiger partial charge < -0.3 is 10.1 Å². The Hall–Kier alpha value is -0.860. The van der Waals surface area contributed by atoms with Crippen LogP contribution in [0.3, 0.4) is 0 Å². The number of benzene rings is 1. The van der Waals surface area contributed by atoms with Gasteiger partial charge in [0.1, 0.15) is 0 Å². The molecule has 100 valence electrons. The van der Waals surface area contributed by atoms with Crippen molar-refractivity contribution in [1.82, 2.24) is 5.32 Å². The van der Waals surface area contributed by atoms with Crippen LogP contribution in [0.5, 0.6) is 0 Å². The van der Waals surface area contributed by atoms with Crippen molar-refractivity contribution in [2.45, 2.75) is 51.7 Å². The molecule has 0 saturated carbocycles. The van der Waals surface area contributed by atoms with Crippen LogP contribution in [-0.4, -0.2) is 19.2 Å². The highest BCUT2D eigenvalue weighted by atomic mass is 16.5. The van der Waals surface area contributed by atoms with Crippen molar-refractivity contribution >= 4 is 0 Å². The van der Waals surface area contributed by atoms with Crippen LogP contribution in [0.25, 0.3) is 0 Å². The van der Waals surface area contributed by atoms with E-state index in [-0.39, 0.29) is 0 Å². The van der Waals surface area contributed by atoms with Crippen LogP contribution in [0.2, 0.25) is 0 Å². The molecule has 1 heterocycles. The van der Waals surface area contributed by atoms with E-state index in [1.807, 2.05) is 0 Å². The number of ether oxygens (including phenoxy) is 1. The van der Waals surface area contributed by atoms with E-state index in [9.17, 15) is 0 Å². The van der Waals surface area contributed by atoms with Gasteiger partial charge in [0.15, 0.2) is 0 Å². The molecule has 0 aromatic heterocycles. The summed E-state index contributed by atoms with van der Waals surface area (Å²) < 4.78 is 5.78. The van der Waals surface area contributed by atoms with E-state index in [0.29, 0.717) is 12.0 Å². The van der Waals surface area contributed by atoms with Gasteiger partial charge >= 0.3 is 0 Å². The van der Waals surface area contributed by atoms with Gasteiger partial charge in [-0.3, -0.25) is 0 Å². The molecule has 2 rings (SSSR count). The summed E-state index contributed by atoms with van der Waals surface area (Å²) in [6.45, 7) is 7.22. The maximum atomic E-state index is 5.78. The van der Waals surface area contributed by atoms with Crippen molar-refractivity contribution in [2.75, 3.05) is 13.2 Å². The fourth-order valence-electron chi connectivity index (χ4n) is 2.83. The Kier molecular flexibility index (Phi) is 5.21. The second-order valence-corrected chi connectivity index (χ2v) is 5.17. The molecule has 0 aliphatic carbocycles. The average molecular weight is 247 g/mol. The lowest BCUT2D eigenvalue weighted by Gasteiger charge is -2.33. The van der Waals surface area contributed by atoms with Crippen molar-refractivity contribution in [3.05, 3.63) is 35.4 Å². The molecule has 1 aliphatic heterocycles. The highest BCUT2D eigenvalue weighted by Crippen LogP contribution is 2.30. The SMILES string of the molecule is CCCNC(CCC)C1COCc2ccccc21. The number of hydrogen-bond donors (Lipinski definition) is 1. The Morgan fingerprint density at radius 1 is 1.28 bits per heavy atom. The first-order chi connectivity index (χ1) is 8.86. The molecule has 1 N–H and O–H groups in total. The minimum absolute atomic E-state index is 0.515. The number of fused-ring (bicyclic) bond motifs is 1. The number of nitrogens with one attached hydrogen (secondary N) is 1. The van der Waals surface area contributed by atoms with Crippen molar-refractivity contribution in [1.29, 1.82) is 0 Å². The zero-order chi connectivity index (χ0) is 12.8. The minimum atomic E-state index is 0.515. The predicted molar refractivity (Wildman–Crippen MR) is 75.8 cm³/mol. The minimum Gasteiger partial charge on any atom is -0.376 e. The van der Waals surface area contributed by atoms with E-state index in [1.165, 1.54) is 30.4 Å². The van der Waals surface area contributed by atoms with Crippen LogP contribution in [0.1, 0.15) is 50.2 Å². The molecule has 0 amide bonds. The Bertz CT molecular complexity index is 364. The Labute approximate surface area is 111 Å². The third-order valence-electron chi connectivity index (χ3n) is 3.75. The van der Waals surface area contributed by atoms with E-state index in [4.69, 9.17) is 4.74 Å². The van der Waals surface area contributed by atoms with E-state index in [1.54, 1.807) is 0 Å². The predicted octanol–water partition coefficient (Wildman–Crippen LogP) is 3.47.